The number of hydrogen-bond acceptors (Lipinski definition) is 5. The van der Waals surface area contributed by atoms with Crippen molar-refractivity contribution in [1.29, 1.82) is 0 Å². The Labute approximate surface area is 201 Å². The first-order valence-corrected chi connectivity index (χ1v) is 13.0. The molecule has 0 aliphatic heterocycles. The van der Waals surface area contributed by atoms with Crippen LogP contribution in [-0.2, 0) is 22.1 Å². The SMILES string of the molecule is C/C=C/COc1cc(C)c(OCCCCCS(=O)C/C(Cc2ccccc2)=N/OC)c(C)c1. The molecule has 1 unspecified atom stereocenters. The molecule has 1 atom stereocenters. The molecule has 2 aromatic rings. The summed E-state index contributed by atoms with van der Waals surface area (Å²) in [5.41, 5.74) is 4.12. The molecule has 0 radical (unpaired) electrons. The van der Waals surface area contributed by atoms with E-state index in [4.69, 9.17) is 14.3 Å². The molecule has 0 aromatic heterocycles. The summed E-state index contributed by atoms with van der Waals surface area (Å²) in [5.74, 6) is 2.90. The normalized spacial score (nSPS) is 12.7. The van der Waals surface area contributed by atoms with Crippen molar-refractivity contribution in [3.8, 4) is 11.5 Å². The van der Waals surface area contributed by atoms with Crippen LogP contribution in [0.15, 0.2) is 59.8 Å². The van der Waals surface area contributed by atoms with Gasteiger partial charge in [0.25, 0.3) is 0 Å². The number of allylic oxidation sites excluding steroid dienone is 1. The Morgan fingerprint density at radius 1 is 1.03 bits per heavy atom. The Balaban J connectivity index is 1.69. The number of benzene rings is 2. The Kier molecular flexibility index (Phi) is 12.3. The van der Waals surface area contributed by atoms with E-state index in [1.54, 1.807) is 0 Å². The average Bonchev–Trinajstić information content (AvgIpc) is 2.78. The number of oxime groups is 1. The van der Waals surface area contributed by atoms with Crippen LogP contribution in [0.4, 0.5) is 0 Å². The van der Waals surface area contributed by atoms with Gasteiger partial charge in [-0.3, -0.25) is 4.21 Å². The minimum Gasteiger partial charge on any atom is -0.493 e. The van der Waals surface area contributed by atoms with Crippen molar-refractivity contribution in [3.63, 3.8) is 0 Å². The molecular weight excluding hydrogens is 434 g/mol. The fraction of sp³-hybridized carbons (Fsp3) is 0.444. The summed E-state index contributed by atoms with van der Waals surface area (Å²) in [4.78, 5) is 4.95. The number of aryl methyl sites for hydroxylation is 2. The molecule has 180 valence electrons. The molecule has 0 bridgehead atoms. The van der Waals surface area contributed by atoms with Crippen LogP contribution in [0.5, 0.6) is 11.5 Å². The molecule has 0 amide bonds. The Bertz CT molecular complexity index is 902. The minimum absolute atomic E-state index is 0.445. The molecule has 2 rings (SSSR count). The first kappa shape index (κ1) is 26.7. The summed E-state index contributed by atoms with van der Waals surface area (Å²) in [7, 11) is 0.579. The van der Waals surface area contributed by atoms with Crippen molar-refractivity contribution in [2.75, 3.05) is 31.8 Å². The molecule has 0 spiro atoms. The zero-order chi connectivity index (χ0) is 23.9. The first-order chi connectivity index (χ1) is 16.0. The molecule has 2 aromatic carbocycles. The second kappa shape index (κ2) is 15.3. The van der Waals surface area contributed by atoms with Gasteiger partial charge in [-0.25, -0.2) is 0 Å². The second-order valence-corrected chi connectivity index (χ2v) is 9.54. The summed E-state index contributed by atoms with van der Waals surface area (Å²) in [6, 6.07) is 14.1. The number of ether oxygens (including phenoxy) is 2. The molecule has 33 heavy (non-hydrogen) atoms. The fourth-order valence-corrected chi connectivity index (χ4v) is 4.70. The third kappa shape index (κ3) is 10.3. The van der Waals surface area contributed by atoms with E-state index in [2.05, 4.69) is 5.16 Å². The van der Waals surface area contributed by atoms with E-state index in [0.717, 1.165) is 53.2 Å². The van der Waals surface area contributed by atoms with Gasteiger partial charge in [0.2, 0.25) is 0 Å². The monoisotopic (exact) mass is 471 g/mol. The lowest BCUT2D eigenvalue weighted by Gasteiger charge is -2.14. The predicted molar refractivity (Wildman–Crippen MR) is 138 cm³/mol. The zero-order valence-corrected chi connectivity index (χ0v) is 21.2. The molecule has 0 saturated carbocycles. The molecule has 0 N–H and O–H groups in total. The van der Waals surface area contributed by atoms with Crippen molar-refractivity contribution in [1.82, 2.24) is 0 Å². The van der Waals surface area contributed by atoms with Crippen LogP contribution in [0, 0.1) is 13.8 Å². The van der Waals surface area contributed by atoms with Crippen LogP contribution in [0.1, 0.15) is 42.9 Å². The van der Waals surface area contributed by atoms with E-state index in [9.17, 15) is 4.21 Å². The highest BCUT2D eigenvalue weighted by atomic mass is 32.2. The van der Waals surface area contributed by atoms with E-state index in [0.29, 0.717) is 31.1 Å². The van der Waals surface area contributed by atoms with Gasteiger partial charge in [-0.1, -0.05) is 47.6 Å². The van der Waals surface area contributed by atoms with Gasteiger partial charge in [0.1, 0.15) is 25.2 Å². The standard InChI is InChI=1S/C27H37NO4S/c1-5-6-15-31-26-18-22(2)27(23(3)19-26)32-16-11-8-12-17-33(29)21-25(28-30-4)20-24-13-9-7-10-14-24/h5-7,9-10,13-14,18-19H,8,11-12,15-17,20-21H2,1-4H3/b6-5+,28-25+. The van der Waals surface area contributed by atoms with E-state index in [-0.39, 0.29) is 0 Å². The lowest BCUT2D eigenvalue weighted by molar-refractivity contribution is 0.212. The summed E-state index contributed by atoms with van der Waals surface area (Å²) < 4.78 is 24.3. The van der Waals surface area contributed by atoms with Crippen LogP contribution in [-0.4, -0.2) is 41.7 Å². The van der Waals surface area contributed by atoms with Gasteiger partial charge >= 0.3 is 0 Å². The maximum atomic E-state index is 12.5. The van der Waals surface area contributed by atoms with Gasteiger partial charge in [0, 0.05) is 23.0 Å². The topological polar surface area (TPSA) is 57.1 Å². The van der Waals surface area contributed by atoms with Crippen LogP contribution < -0.4 is 9.47 Å². The average molecular weight is 472 g/mol. The fourth-order valence-electron chi connectivity index (χ4n) is 3.51. The lowest BCUT2D eigenvalue weighted by Crippen LogP contribution is -2.16. The Morgan fingerprint density at radius 3 is 2.42 bits per heavy atom. The molecule has 0 fully saturated rings. The summed E-state index contributed by atoms with van der Waals surface area (Å²) in [5, 5.41) is 4.09. The van der Waals surface area contributed by atoms with Crippen molar-refractivity contribution < 1.29 is 18.5 Å². The molecular formula is C27H37NO4S. The summed E-state index contributed by atoms with van der Waals surface area (Å²) in [6.45, 7) is 7.29. The van der Waals surface area contributed by atoms with Gasteiger partial charge in [-0.05, 0) is 68.9 Å². The third-order valence-corrected chi connectivity index (χ3v) is 6.48. The molecule has 0 aliphatic rings. The van der Waals surface area contributed by atoms with E-state index >= 15 is 0 Å². The van der Waals surface area contributed by atoms with Crippen molar-refractivity contribution >= 4 is 16.5 Å². The smallest absolute Gasteiger partial charge is 0.125 e. The van der Waals surface area contributed by atoms with E-state index in [1.165, 1.54) is 7.11 Å². The maximum Gasteiger partial charge on any atom is 0.125 e. The van der Waals surface area contributed by atoms with Crippen molar-refractivity contribution in [3.05, 3.63) is 71.3 Å². The minimum atomic E-state index is -0.951. The number of rotatable bonds is 15. The highest BCUT2D eigenvalue weighted by Crippen LogP contribution is 2.28. The molecule has 6 heteroatoms. The summed E-state index contributed by atoms with van der Waals surface area (Å²) in [6.07, 6.45) is 7.42. The summed E-state index contributed by atoms with van der Waals surface area (Å²) >= 11 is 0. The highest BCUT2D eigenvalue weighted by Gasteiger charge is 2.10. The van der Waals surface area contributed by atoms with Crippen LogP contribution >= 0.6 is 0 Å². The van der Waals surface area contributed by atoms with Gasteiger partial charge in [-0.2, -0.15) is 0 Å². The molecule has 5 nitrogen and oxygen atoms in total. The number of hydrogen-bond donors (Lipinski definition) is 0. The molecule has 0 saturated heterocycles. The second-order valence-electron chi connectivity index (χ2n) is 7.97. The van der Waals surface area contributed by atoms with Crippen LogP contribution in [0.25, 0.3) is 0 Å². The predicted octanol–water partition coefficient (Wildman–Crippen LogP) is 5.80. The molecule has 0 heterocycles. The number of unbranched alkanes of at least 4 members (excludes halogenated alkanes) is 2. The van der Waals surface area contributed by atoms with Crippen LogP contribution in [0.2, 0.25) is 0 Å². The van der Waals surface area contributed by atoms with Gasteiger partial charge in [-0.15, -0.1) is 0 Å². The largest absolute Gasteiger partial charge is 0.493 e. The van der Waals surface area contributed by atoms with Crippen molar-refractivity contribution in [2.45, 2.75) is 46.5 Å². The highest BCUT2D eigenvalue weighted by molar-refractivity contribution is 7.85. The third-order valence-electron chi connectivity index (χ3n) is 5.08. The maximum absolute atomic E-state index is 12.5. The van der Waals surface area contributed by atoms with E-state index in [1.807, 2.05) is 75.4 Å². The van der Waals surface area contributed by atoms with E-state index < -0.39 is 10.8 Å². The lowest BCUT2D eigenvalue weighted by atomic mass is 10.1. The number of nitrogens with zero attached hydrogens (tertiary/aromatic N) is 1. The van der Waals surface area contributed by atoms with Gasteiger partial charge < -0.3 is 14.3 Å². The van der Waals surface area contributed by atoms with Gasteiger partial charge in [0.05, 0.1) is 18.1 Å². The zero-order valence-electron chi connectivity index (χ0n) is 20.3. The van der Waals surface area contributed by atoms with Gasteiger partial charge in [0.15, 0.2) is 0 Å². The Hall–Kier alpha value is -2.60. The quantitative estimate of drug-likeness (QED) is 0.143. The first-order valence-electron chi connectivity index (χ1n) is 11.5. The Morgan fingerprint density at radius 2 is 1.76 bits per heavy atom. The molecule has 0 aliphatic carbocycles. The van der Waals surface area contributed by atoms with Crippen molar-refractivity contribution in [2.24, 2.45) is 5.16 Å². The van der Waals surface area contributed by atoms with Crippen LogP contribution in [0.3, 0.4) is 0 Å².